The number of rotatable bonds is 4. The van der Waals surface area contributed by atoms with Crippen molar-refractivity contribution in [1.82, 2.24) is 4.90 Å². The molecule has 0 aromatic carbocycles. The minimum absolute atomic E-state index is 0.124. The maximum absolute atomic E-state index is 11.3. The molecule has 1 aromatic rings. The van der Waals surface area contributed by atoms with Crippen LogP contribution in [0.25, 0.3) is 0 Å². The molecule has 90 valence electrons. The third kappa shape index (κ3) is 2.64. The minimum atomic E-state index is -0.812. The average molecular weight is 306 g/mol. The summed E-state index contributed by atoms with van der Waals surface area (Å²) in [6, 6.07) is 1.86. The van der Waals surface area contributed by atoms with E-state index in [1.165, 1.54) is 0 Å². The quantitative estimate of drug-likeness (QED) is 0.928. The summed E-state index contributed by atoms with van der Waals surface area (Å²) in [6.07, 6.45) is 0. The molecule has 0 spiro atoms. The van der Waals surface area contributed by atoms with Crippen LogP contribution in [0.1, 0.15) is 24.8 Å². The van der Waals surface area contributed by atoms with Gasteiger partial charge in [-0.25, -0.2) is 0 Å². The van der Waals surface area contributed by atoms with Gasteiger partial charge >= 0.3 is 5.97 Å². The van der Waals surface area contributed by atoms with Gasteiger partial charge in [-0.3, -0.25) is 4.79 Å². The highest BCUT2D eigenvalue weighted by molar-refractivity contribution is 9.10. The summed E-state index contributed by atoms with van der Waals surface area (Å²) in [7, 11) is 3.81. The first kappa shape index (κ1) is 13.7. The summed E-state index contributed by atoms with van der Waals surface area (Å²) in [5.41, 5.74) is -0.812. The van der Waals surface area contributed by atoms with E-state index in [1.807, 2.05) is 30.4 Å². The van der Waals surface area contributed by atoms with E-state index in [0.717, 1.165) is 9.35 Å². The fourth-order valence-electron chi connectivity index (χ4n) is 1.84. The highest BCUT2D eigenvalue weighted by Gasteiger charge is 2.40. The van der Waals surface area contributed by atoms with E-state index in [9.17, 15) is 9.90 Å². The van der Waals surface area contributed by atoms with Crippen molar-refractivity contribution in [3.8, 4) is 0 Å². The van der Waals surface area contributed by atoms with Gasteiger partial charge in [-0.15, -0.1) is 11.3 Å². The lowest BCUT2D eigenvalue weighted by molar-refractivity contribution is -0.150. The third-order valence-electron chi connectivity index (χ3n) is 2.61. The highest BCUT2D eigenvalue weighted by Crippen LogP contribution is 2.40. The Kier molecular flexibility index (Phi) is 4.15. The molecule has 3 nitrogen and oxygen atoms in total. The lowest BCUT2D eigenvalue weighted by Gasteiger charge is -2.34. The van der Waals surface area contributed by atoms with E-state index >= 15 is 0 Å². The first-order chi connectivity index (χ1) is 7.26. The van der Waals surface area contributed by atoms with Crippen LogP contribution >= 0.6 is 27.3 Å². The van der Waals surface area contributed by atoms with E-state index in [2.05, 4.69) is 15.9 Å². The number of halogens is 1. The molecule has 0 aliphatic rings. The van der Waals surface area contributed by atoms with Crippen LogP contribution in [0.5, 0.6) is 0 Å². The van der Waals surface area contributed by atoms with Gasteiger partial charge in [0.2, 0.25) is 0 Å². The van der Waals surface area contributed by atoms with Crippen molar-refractivity contribution in [3.63, 3.8) is 0 Å². The van der Waals surface area contributed by atoms with Crippen LogP contribution in [0.3, 0.4) is 0 Å². The molecule has 0 fully saturated rings. The molecule has 1 N–H and O–H groups in total. The number of thiophene rings is 1. The van der Waals surface area contributed by atoms with Gasteiger partial charge in [0.15, 0.2) is 0 Å². The number of carboxylic acids is 1. The smallest absolute Gasteiger partial charge is 0.311 e. The van der Waals surface area contributed by atoms with Crippen molar-refractivity contribution in [2.45, 2.75) is 19.9 Å². The highest BCUT2D eigenvalue weighted by atomic mass is 79.9. The molecule has 0 aliphatic carbocycles. The Morgan fingerprint density at radius 3 is 2.44 bits per heavy atom. The molecular weight excluding hydrogens is 290 g/mol. The monoisotopic (exact) mass is 305 g/mol. The molecule has 0 aliphatic heterocycles. The Labute approximate surface area is 108 Å². The molecule has 0 saturated carbocycles. The van der Waals surface area contributed by atoms with Crippen LogP contribution in [0.4, 0.5) is 0 Å². The number of hydrogen-bond donors (Lipinski definition) is 1. The Balaban J connectivity index is 3.15. The second-order valence-corrected chi connectivity index (χ2v) is 6.42. The Morgan fingerprint density at radius 1 is 1.56 bits per heavy atom. The van der Waals surface area contributed by atoms with Gasteiger partial charge in [-0.05, 0) is 49.9 Å². The first-order valence-corrected chi connectivity index (χ1v) is 6.58. The summed E-state index contributed by atoms with van der Waals surface area (Å²) < 4.78 is 1.00. The van der Waals surface area contributed by atoms with Gasteiger partial charge in [0.25, 0.3) is 0 Å². The molecule has 0 saturated heterocycles. The van der Waals surface area contributed by atoms with Gasteiger partial charge in [0.05, 0.1) is 11.5 Å². The van der Waals surface area contributed by atoms with Crippen molar-refractivity contribution in [1.29, 1.82) is 0 Å². The zero-order valence-electron chi connectivity index (χ0n) is 9.82. The second-order valence-electron chi connectivity index (χ2n) is 4.56. The second kappa shape index (κ2) is 4.85. The minimum Gasteiger partial charge on any atom is -0.481 e. The molecule has 1 unspecified atom stereocenters. The molecule has 1 aromatic heterocycles. The summed E-state index contributed by atoms with van der Waals surface area (Å²) in [6.45, 7) is 3.52. The molecule has 1 rings (SSSR count). The standard InChI is InChI=1S/C11H16BrNO2S/c1-11(2,10(14)15)9(13(3)4)8-5-7(12)6-16-8/h5-6,9H,1-4H3,(H,14,15). The molecule has 16 heavy (non-hydrogen) atoms. The van der Waals surface area contributed by atoms with Gasteiger partial charge in [0.1, 0.15) is 0 Å². The molecule has 0 amide bonds. The van der Waals surface area contributed by atoms with E-state index in [1.54, 1.807) is 25.2 Å². The number of carboxylic acid groups (broad SMARTS) is 1. The molecular formula is C11H16BrNO2S. The van der Waals surface area contributed by atoms with Crippen LogP contribution in [0.15, 0.2) is 15.9 Å². The summed E-state index contributed by atoms with van der Waals surface area (Å²) >= 11 is 4.98. The van der Waals surface area contributed by atoms with Crippen molar-refractivity contribution in [2.24, 2.45) is 5.41 Å². The van der Waals surface area contributed by atoms with Crippen LogP contribution < -0.4 is 0 Å². The van der Waals surface area contributed by atoms with E-state index in [-0.39, 0.29) is 6.04 Å². The number of carbonyl (C=O) groups is 1. The van der Waals surface area contributed by atoms with Gasteiger partial charge in [-0.1, -0.05) is 0 Å². The number of nitrogens with zero attached hydrogens (tertiary/aromatic N) is 1. The normalized spacial score (nSPS) is 14.1. The topological polar surface area (TPSA) is 40.5 Å². The zero-order valence-corrected chi connectivity index (χ0v) is 12.2. The van der Waals surface area contributed by atoms with Gasteiger partial charge < -0.3 is 10.0 Å². The van der Waals surface area contributed by atoms with E-state index in [4.69, 9.17) is 0 Å². The van der Waals surface area contributed by atoms with E-state index in [0.29, 0.717) is 0 Å². The molecule has 5 heteroatoms. The number of aliphatic carboxylic acids is 1. The third-order valence-corrected chi connectivity index (χ3v) is 4.35. The van der Waals surface area contributed by atoms with Crippen LogP contribution in [0.2, 0.25) is 0 Å². The van der Waals surface area contributed by atoms with Crippen molar-refractivity contribution in [2.75, 3.05) is 14.1 Å². The summed E-state index contributed by atoms with van der Waals surface area (Å²) in [4.78, 5) is 14.3. The summed E-state index contributed by atoms with van der Waals surface area (Å²) in [5.74, 6) is -0.782. The maximum atomic E-state index is 11.3. The van der Waals surface area contributed by atoms with Crippen LogP contribution in [-0.4, -0.2) is 30.1 Å². The molecule has 0 radical (unpaired) electrons. The molecule has 0 bridgehead atoms. The maximum Gasteiger partial charge on any atom is 0.311 e. The lowest BCUT2D eigenvalue weighted by Crippen LogP contribution is -2.38. The Morgan fingerprint density at radius 2 is 2.12 bits per heavy atom. The number of hydrogen-bond acceptors (Lipinski definition) is 3. The van der Waals surface area contributed by atoms with E-state index < -0.39 is 11.4 Å². The molecule has 1 heterocycles. The predicted octanol–water partition coefficient (Wildman–Crippen LogP) is 3.22. The molecule has 1 atom stereocenters. The zero-order chi connectivity index (χ0) is 12.5. The van der Waals surface area contributed by atoms with Crippen molar-refractivity contribution < 1.29 is 9.90 Å². The van der Waals surface area contributed by atoms with Crippen LogP contribution in [0, 0.1) is 5.41 Å². The fraction of sp³-hybridized carbons (Fsp3) is 0.545. The average Bonchev–Trinajstić information content (AvgIpc) is 2.50. The van der Waals surface area contributed by atoms with Gasteiger partial charge in [-0.2, -0.15) is 0 Å². The Bertz CT molecular complexity index is 387. The van der Waals surface area contributed by atoms with Crippen molar-refractivity contribution in [3.05, 3.63) is 20.8 Å². The van der Waals surface area contributed by atoms with Gasteiger partial charge in [0, 0.05) is 14.7 Å². The largest absolute Gasteiger partial charge is 0.481 e. The van der Waals surface area contributed by atoms with Crippen LogP contribution in [-0.2, 0) is 4.79 Å². The fourth-order valence-corrected chi connectivity index (χ4v) is 3.67. The van der Waals surface area contributed by atoms with Crippen molar-refractivity contribution >= 4 is 33.2 Å². The predicted molar refractivity (Wildman–Crippen MR) is 69.9 cm³/mol. The lowest BCUT2D eigenvalue weighted by atomic mass is 9.83. The first-order valence-electron chi connectivity index (χ1n) is 4.90. The summed E-state index contributed by atoms with van der Waals surface area (Å²) in [5, 5.41) is 11.3. The Hall–Kier alpha value is -0.390. The SMILES string of the molecule is CN(C)C(c1cc(Br)cs1)C(C)(C)C(=O)O.